The highest BCUT2D eigenvalue weighted by atomic mass is 14.5. The Bertz CT molecular complexity index is 622. The van der Waals surface area contributed by atoms with E-state index >= 15 is 0 Å². The number of rotatable bonds is 0. The zero-order valence-electron chi connectivity index (χ0n) is 9.20. The second-order valence-corrected chi connectivity index (χ2v) is 4.22. The summed E-state index contributed by atoms with van der Waals surface area (Å²) in [6, 6.07) is 16.8. The first-order valence-electron chi connectivity index (χ1n) is 5.43. The van der Waals surface area contributed by atoms with Crippen molar-refractivity contribution >= 4 is 27.2 Å². The smallest absolute Gasteiger partial charge is 0.0393 e. The monoisotopic (exact) mass is 207 g/mol. The maximum Gasteiger partial charge on any atom is 0.0393 e. The first kappa shape index (κ1) is 9.22. The average Bonchev–Trinajstić information content (AvgIpc) is 2.29. The summed E-state index contributed by atoms with van der Waals surface area (Å²) in [5, 5.41) is 4.91. The molecule has 3 aromatic carbocycles. The zero-order chi connectivity index (χ0) is 11.1. The van der Waals surface area contributed by atoms with Gasteiger partial charge in [0, 0.05) is 11.1 Å². The lowest BCUT2D eigenvalue weighted by Crippen LogP contribution is -1.87. The van der Waals surface area contributed by atoms with Crippen molar-refractivity contribution in [3.05, 3.63) is 54.1 Å². The van der Waals surface area contributed by atoms with E-state index < -0.39 is 0 Å². The molecule has 0 bridgehead atoms. The zero-order valence-corrected chi connectivity index (χ0v) is 9.20. The van der Waals surface area contributed by atoms with Crippen LogP contribution in [0.4, 0.5) is 5.69 Å². The highest BCUT2D eigenvalue weighted by molar-refractivity contribution is 6.03. The van der Waals surface area contributed by atoms with E-state index in [1.54, 1.807) is 0 Å². The SMILES string of the molecule is Cc1cccc2cc3c(N)cccc3cc12. The highest BCUT2D eigenvalue weighted by Gasteiger charge is 2.01. The van der Waals surface area contributed by atoms with Crippen LogP contribution in [0.2, 0.25) is 0 Å². The van der Waals surface area contributed by atoms with E-state index in [1.807, 2.05) is 12.1 Å². The van der Waals surface area contributed by atoms with Crippen LogP contribution in [0.25, 0.3) is 21.5 Å². The normalized spacial score (nSPS) is 11.1. The highest BCUT2D eigenvalue weighted by Crippen LogP contribution is 2.28. The minimum Gasteiger partial charge on any atom is -0.398 e. The van der Waals surface area contributed by atoms with Crippen LogP contribution < -0.4 is 5.73 Å². The second kappa shape index (κ2) is 3.24. The van der Waals surface area contributed by atoms with Gasteiger partial charge >= 0.3 is 0 Å². The molecule has 3 rings (SSSR count). The van der Waals surface area contributed by atoms with E-state index in [9.17, 15) is 0 Å². The Morgan fingerprint density at radius 3 is 2.25 bits per heavy atom. The third-order valence-electron chi connectivity index (χ3n) is 3.13. The van der Waals surface area contributed by atoms with Crippen LogP contribution in [0.1, 0.15) is 5.56 Å². The van der Waals surface area contributed by atoms with Crippen LogP contribution in [0.15, 0.2) is 48.5 Å². The molecule has 3 aromatic rings. The van der Waals surface area contributed by atoms with E-state index in [0.29, 0.717) is 0 Å². The van der Waals surface area contributed by atoms with Crippen molar-refractivity contribution in [2.75, 3.05) is 5.73 Å². The fraction of sp³-hybridized carbons (Fsp3) is 0.0667. The van der Waals surface area contributed by atoms with Crippen LogP contribution in [-0.4, -0.2) is 0 Å². The van der Waals surface area contributed by atoms with Crippen molar-refractivity contribution in [1.82, 2.24) is 0 Å². The largest absolute Gasteiger partial charge is 0.398 e. The Hall–Kier alpha value is -2.02. The molecule has 1 heteroatoms. The van der Waals surface area contributed by atoms with Crippen LogP contribution in [0, 0.1) is 6.92 Å². The van der Waals surface area contributed by atoms with Gasteiger partial charge in [0.05, 0.1) is 0 Å². The summed E-state index contributed by atoms with van der Waals surface area (Å²) in [5.74, 6) is 0. The molecule has 0 heterocycles. The summed E-state index contributed by atoms with van der Waals surface area (Å²) >= 11 is 0. The van der Waals surface area contributed by atoms with Gasteiger partial charge in [-0.2, -0.15) is 0 Å². The van der Waals surface area contributed by atoms with Gasteiger partial charge in [0.15, 0.2) is 0 Å². The number of benzene rings is 3. The quantitative estimate of drug-likeness (QED) is 0.439. The summed E-state index contributed by atoms with van der Waals surface area (Å²) < 4.78 is 0. The molecule has 0 aliphatic rings. The number of fused-ring (bicyclic) bond motifs is 2. The number of hydrogen-bond donors (Lipinski definition) is 1. The Morgan fingerprint density at radius 1 is 0.812 bits per heavy atom. The minimum absolute atomic E-state index is 0.848. The molecule has 0 atom stereocenters. The molecule has 0 aromatic heterocycles. The molecule has 2 N–H and O–H groups in total. The molecular weight excluding hydrogens is 194 g/mol. The Kier molecular flexibility index (Phi) is 1.87. The number of hydrogen-bond acceptors (Lipinski definition) is 1. The summed E-state index contributed by atoms with van der Waals surface area (Å²) in [4.78, 5) is 0. The van der Waals surface area contributed by atoms with E-state index in [0.717, 1.165) is 11.1 Å². The van der Waals surface area contributed by atoms with Gasteiger partial charge in [-0.3, -0.25) is 0 Å². The predicted molar refractivity (Wildman–Crippen MR) is 70.6 cm³/mol. The van der Waals surface area contributed by atoms with Crippen LogP contribution >= 0.6 is 0 Å². The maximum absolute atomic E-state index is 5.99. The molecule has 0 fully saturated rings. The minimum atomic E-state index is 0.848. The fourth-order valence-corrected chi connectivity index (χ4v) is 2.23. The first-order chi connectivity index (χ1) is 7.75. The molecule has 1 nitrogen and oxygen atoms in total. The van der Waals surface area contributed by atoms with Gasteiger partial charge in [-0.15, -0.1) is 0 Å². The number of aryl methyl sites for hydroxylation is 1. The van der Waals surface area contributed by atoms with Crippen molar-refractivity contribution < 1.29 is 0 Å². The van der Waals surface area contributed by atoms with E-state index in [4.69, 9.17) is 5.73 Å². The van der Waals surface area contributed by atoms with Crippen LogP contribution in [0.5, 0.6) is 0 Å². The lowest BCUT2D eigenvalue weighted by Gasteiger charge is -2.06. The topological polar surface area (TPSA) is 26.0 Å². The molecule has 0 aliphatic heterocycles. The Balaban J connectivity index is 2.54. The molecule has 78 valence electrons. The molecule has 0 saturated carbocycles. The van der Waals surface area contributed by atoms with Gasteiger partial charge in [0.1, 0.15) is 0 Å². The van der Waals surface area contributed by atoms with Crippen molar-refractivity contribution in [1.29, 1.82) is 0 Å². The molecule has 16 heavy (non-hydrogen) atoms. The number of nitrogen functional groups attached to an aromatic ring is 1. The molecule has 0 radical (unpaired) electrons. The average molecular weight is 207 g/mol. The van der Waals surface area contributed by atoms with E-state index in [1.165, 1.54) is 21.7 Å². The van der Waals surface area contributed by atoms with Crippen molar-refractivity contribution in [2.24, 2.45) is 0 Å². The van der Waals surface area contributed by atoms with Crippen molar-refractivity contribution in [3.8, 4) is 0 Å². The number of anilines is 1. The third kappa shape index (κ3) is 1.25. The summed E-state index contributed by atoms with van der Waals surface area (Å²) in [6.45, 7) is 2.14. The molecular formula is C15H13N. The number of nitrogens with two attached hydrogens (primary N) is 1. The maximum atomic E-state index is 5.99. The van der Waals surface area contributed by atoms with E-state index in [-0.39, 0.29) is 0 Å². The standard InChI is InChI=1S/C15H13N/c1-10-4-2-5-11-9-14-12(8-13(10)11)6-3-7-15(14)16/h2-9H,16H2,1H3. The van der Waals surface area contributed by atoms with Crippen molar-refractivity contribution in [3.63, 3.8) is 0 Å². The lowest BCUT2D eigenvalue weighted by molar-refractivity contribution is 1.54. The first-order valence-corrected chi connectivity index (χ1v) is 5.43. The molecule has 0 amide bonds. The fourth-order valence-electron chi connectivity index (χ4n) is 2.23. The third-order valence-corrected chi connectivity index (χ3v) is 3.13. The van der Waals surface area contributed by atoms with Crippen molar-refractivity contribution in [2.45, 2.75) is 6.92 Å². The summed E-state index contributed by atoms with van der Waals surface area (Å²) in [6.07, 6.45) is 0. The Labute approximate surface area is 94.5 Å². The van der Waals surface area contributed by atoms with Gasteiger partial charge in [0.2, 0.25) is 0 Å². The lowest BCUT2D eigenvalue weighted by atomic mass is 10.00. The van der Waals surface area contributed by atoms with E-state index in [2.05, 4.69) is 43.3 Å². The van der Waals surface area contributed by atoms with Gasteiger partial charge in [-0.05, 0) is 46.8 Å². The molecule has 0 saturated heterocycles. The van der Waals surface area contributed by atoms with Crippen LogP contribution in [-0.2, 0) is 0 Å². The van der Waals surface area contributed by atoms with Gasteiger partial charge in [-0.25, -0.2) is 0 Å². The second-order valence-electron chi connectivity index (χ2n) is 4.22. The molecule has 0 spiro atoms. The predicted octanol–water partition coefficient (Wildman–Crippen LogP) is 3.88. The Morgan fingerprint density at radius 2 is 1.44 bits per heavy atom. The van der Waals surface area contributed by atoms with Gasteiger partial charge in [-0.1, -0.05) is 30.3 Å². The van der Waals surface area contributed by atoms with Crippen LogP contribution in [0.3, 0.4) is 0 Å². The summed E-state index contributed by atoms with van der Waals surface area (Å²) in [5.41, 5.74) is 8.14. The molecule has 0 unspecified atom stereocenters. The van der Waals surface area contributed by atoms with Gasteiger partial charge in [0.25, 0.3) is 0 Å². The summed E-state index contributed by atoms with van der Waals surface area (Å²) in [7, 11) is 0. The van der Waals surface area contributed by atoms with Gasteiger partial charge < -0.3 is 5.73 Å². The molecule has 0 aliphatic carbocycles.